The minimum Gasteiger partial charge on any atom is -0.372 e. The highest BCUT2D eigenvalue weighted by atomic mass is 19.1. The predicted octanol–water partition coefficient (Wildman–Crippen LogP) is -0.210. The van der Waals surface area contributed by atoms with E-state index in [2.05, 4.69) is 10.2 Å². The van der Waals surface area contributed by atoms with Crippen LogP contribution in [0.4, 0.5) is 10.2 Å². The molecule has 1 unspecified atom stereocenters. The molecule has 1 aliphatic heterocycles. The Bertz CT molecular complexity index is 603. The lowest BCUT2D eigenvalue weighted by Crippen LogP contribution is -2.44. The maximum Gasteiger partial charge on any atom is 0.293 e. The van der Waals surface area contributed by atoms with Gasteiger partial charge in [0.1, 0.15) is 24.4 Å². The van der Waals surface area contributed by atoms with Gasteiger partial charge in [-0.25, -0.2) is 9.37 Å². The van der Waals surface area contributed by atoms with Gasteiger partial charge in [0.25, 0.3) is 11.5 Å². The van der Waals surface area contributed by atoms with Gasteiger partial charge in [0.2, 0.25) is 0 Å². The summed E-state index contributed by atoms with van der Waals surface area (Å²) in [6.45, 7) is 0.448. The Labute approximate surface area is 119 Å². The van der Waals surface area contributed by atoms with Gasteiger partial charge in [-0.15, -0.1) is 4.91 Å². The van der Waals surface area contributed by atoms with E-state index in [-0.39, 0.29) is 24.3 Å². The van der Waals surface area contributed by atoms with Crippen LogP contribution in [0, 0.1) is 4.91 Å². The SMILES string of the molecule is Cn1c(CC(=O)N=O)nc(N2CCOC(CF)C2)cc1=O. The molecule has 2 heterocycles. The zero-order valence-corrected chi connectivity index (χ0v) is 11.5. The molecule has 1 aromatic rings. The van der Waals surface area contributed by atoms with E-state index >= 15 is 0 Å². The number of morpholine rings is 1. The van der Waals surface area contributed by atoms with Crippen molar-refractivity contribution in [2.45, 2.75) is 12.5 Å². The fourth-order valence-corrected chi connectivity index (χ4v) is 2.08. The van der Waals surface area contributed by atoms with Crippen LogP contribution >= 0.6 is 0 Å². The number of nitrogens with zero attached hydrogens (tertiary/aromatic N) is 4. The van der Waals surface area contributed by atoms with Crippen molar-refractivity contribution in [3.05, 3.63) is 27.2 Å². The number of ether oxygens (including phenoxy) is 1. The van der Waals surface area contributed by atoms with Gasteiger partial charge >= 0.3 is 0 Å². The molecule has 8 nitrogen and oxygen atoms in total. The topological polar surface area (TPSA) is 93.9 Å². The molecule has 114 valence electrons. The molecule has 9 heteroatoms. The van der Waals surface area contributed by atoms with Crippen LogP contribution in [0.25, 0.3) is 0 Å². The highest BCUT2D eigenvalue weighted by Crippen LogP contribution is 2.14. The Kier molecular flexibility index (Phi) is 4.73. The monoisotopic (exact) mass is 298 g/mol. The summed E-state index contributed by atoms with van der Waals surface area (Å²) in [5.74, 6) is -0.419. The van der Waals surface area contributed by atoms with Gasteiger partial charge in [0, 0.05) is 31.4 Å². The average Bonchev–Trinajstić information content (AvgIpc) is 2.51. The molecule has 1 aromatic heterocycles. The Morgan fingerprint density at radius 1 is 1.62 bits per heavy atom. The van der Waals surface area contributed by atoms with Crippen molar-refractivity contribution in [2.75, 3.05) is 31.3 Å². The summed E-state index contributed by atoms with van der Waals surface area (Å²) in [6, 6.07) is 1.31. The van der Waals surface area contributed by atoms with Crippen molar-refractivity contribution >= 4 is 11.7 Å². The normalized spacial score (nSPS) is 18.6. The molecular formula is C12H15FN4O4. The van der Waals surface area contributed by atoms with E-state index in [0.717, 1.165) is 0 Å². The third-order valence-electron chi connectivity index (χ3n) is 3.26. The number of hydrogen-bond acceptors (Lipinski definition) is 6. The second-order valence-electron chi connectivity index (χ2n) is 4.68. The first kappa shape index (κ1) is 15.2. The standard InChI is InChI=1S/C12H15FN4O4/c1-16-9(4-11(18)15-20)14-10(5-12(16)19)17-2-3-21-8(6-13)7-17/h5,8H,2-4,6-7H2,1H3. The zero-order chi connectivity index (χ0) is 15.4. The fourth-order valence-electron chi connectivity index (χ4n) is 2.08. The lowest BCUT2D eigenvalue weighted by atomic mass is 10.3. The molecule has 0 spiro atoms. The number of amides is 1. The predicted molar refractivity (Wildman–Crippen MR) is 71.9 cm³/mol. The number of rotatable bonds is 4. The molecule has 0 bridgehead atoms. The second kappa shape index (κ2) is 6.53. The smallest absolute Gasteiger partial charge is 0.293 e. The molecular weight excluding hydrogens is 283 g/mol. The first-order chi connectivity index (χ1) is 10.0. The Hall–Kier alpha value is -2.16. The molecule has 1 fully saturated rings. The number of anilines is 1. The van der Waals surface area contributed by atoms with E-state index < -0.39 is 18.7 Å². The molecule has 0 N–H and O–H groups in total. The first-order valence-corrected chi connectivity index (χ1v) is 6.40. The van der Waals surface area contributed by atoms with E-state index in [1.165, 1.54) is 17.7 Å². The van der Waals surface area contributed by atoms with Crippen LogP contribution < -0.4 is 10.5 Å². The van der Waals surface area contributed by atoms with Gasteiger partial charge in [0.15, 0.2) is 0 Å². The molecule has 1 amide bonds. The van der Waals surface area contributed by atoms with Crippen molar-refractivity contribution in [2.24, 2.45) is 12.2 Å². The maximum atomic E-state index is 12.7. The lowest BCUT2D eigenvalue weighted by Gasteiger charge is -2.32. The average molecular weight is 298 g/mol. The van der Waals surface area contributed by atoms with Gasteiger partial charge in [-0.2, -0.15) is 0 Å². The maximum absolute atomic E-state index is 12.7. The van der Waals surface area contributed by atoms with Crippen LogP contribution in [-0.2, 0) is 23.0 Å². The van der Waals surface area contributed by atoms with Crippen molar-refractivity contribution in [1.82, 2.24) is 9.55 Å². The molecule has 1 atom stereocenters. The van der Waals surface area contributed by atoms with E-state index in [1.807, 2.05) is 0 Å². The van der Waals surface area contributed by atoms with E-state index in [4.69, 9.17) is 4.74 Å². The van der Waals surface area contributed by atoms with Crippen LogP contribution in [-0.4, -0.2) is 47.9 Å². The number of carbonyl (C=O) groups excluding carboxylic acids is 1. The summed E-state index contributed by atoms with van der Waals surface area (Å²) in [5.41, 5.74) is -0.364. The van der Waals surface area contributed by atoms with E-state index in [1.54, 1.807) is 4.90 Å². The number of carbonyl (C=O) groups is 1. The first-order valence-electron chi connectivity index (χ1n) is 6.40. The molecule has 0 radical (unpaired) electrons. The van der Waals surface area contributed by atoms with Crippen LogP contribution in [0.3, 0.4) is 0 Å². The Morgan fingerprint density at radius 2 is 2.38 bits per heavy atom. The summed E-state index contributed by atoms with van der Waals surface area (Å²) in [4.78, 5) is 39.1. The number of alkyl halides is 1. The summed E-state index contributed by atoms with van der Waals surface area (Å²) >= 11 is 0. The quantitative estimate of drug-likeness (QED) is 0.714. The summed E-state index contributed by atoms with van der Waals surface area (Å²) in [5, 5.41) is 2.29. The minimum atomic E-state index is -0.904. The van der Waals surface area contributed by atoms with Crippen molar-refractivity contribution in [3.63, 3.8) is 0 Å². The largest absolute Gasteiger partial charge is 0.372 e. The number of hydrogen-bond donors (Lipinski definition) is 0. The Morgan fingerprint density at radius 3 is 3.05 bits per heavy atom. The number of aromatic nitrogens is 2. The van der Waals surface area contributed by atoms with Crippen molar-refractivity contribution in [1.29, 1.82) is 0 Å². The molecule has 0 saturated carbocycles. The zero-order valence-electron chi connectivity index (χ0n) is 11.5. The van der Waals surface area contributed by atoms with Gasteiger partial charge in [-0.1, -0.05) is 0 Å². The second-order valence-corrected chi connectivity index (χ2v) is 4.68. The van der Waals surface area contributed by atoms with Gasteiger partial charge in [0.05, 0.1) is 13.0 Å². The van der Waals surface area contributed by atoms with E-state index in [9.17, 15) is 18.9 Å². The van der Waals surface area contributed by atoms with Gasteiger partial charge in [-0.3, -0.25) is 14.2 Å². The highest BCUT2D eigenvalue weighted by Gasteiger charge is 2.23. The molecule has 2 rings (SSSR count). The molecule has 0 aliphatic carbocycles. The highest BCUT2D eigenvalue weighted by molar-refractivity contribution is 5.78. The molecule has 1 aliphatic rings. The summed E-state index contributed by atoms with van der Waals surface area (Å²) in [7, 11) is 1.45. The number of nitroso groups, excluding NO2 is 1. The molecule has 1 saturated heterocycles. The fraction of sp³-hybridized carbons (Fsp3) is 0.583. The Balaban J connectivity index is 2.29. The third kappa shape index (κ3) is 3.48. The lowest BCUT2D eigenvalue weighted by molar-refractivity contribution is -0.117. The van der Waals surface area contributed by atoms with E-state index in [0.29, 0.717) is 19.0 Å². The van der Waals surface area contributed by atoms with Crippen molar-refractivity contribution < 1.29 is 13.9 Å². The van der Waals surface area contributed by atoms with Crippen molar-refractivity contribution in [3.8, 4) is 0 Å². The van der Waals surface area contributed by atoms with Gasteiger partial charge in [-0.05, 0) is 0 Å². The summed E-state index contributed by atoms with van der Waals surface area (Å²) < 4.78 is 19.1. The van der Waals surface area contributed by atoms with Gasteiger partial charge < -0.3 is 9.64 Å². The van der Waals surface area contributed by atoms with Crippen LogP contribution in [0.1, 0.15) is 5.82 Å². The third-order valence-corrected chi connectivity index (χ3v) is 3.26. The number of halogens is 1. The molecule has 0 aromatic carbocycles. The van der Waals surface area contributed by atoms with Crippen LogP contribution in [0.15, 0.2) is 16.0 Å². The molecule has 21 heavy (non-hydrogen) atoms. The van der Waals surface area contributed by atoms with Crippen LogP contribution in [0.5, 0.6) is 0 Å². The summed E-state index contributed by atoms with van der Waals surface area (Å²) in [6.07, 6.45) is -0.911. The van der Waals surface area contributed by atoms with Crippen LogP contribution in [0.2, 0.25) is 0 Å². The minimum absolute atomic E-state index is 0.144.